The largest absolute Gasteiger partial charge is 0.372 e. The lowest BCUT2D eigenvalue weighted by Gasteiger charge is -2.25. The molecule has 0 bridgehead atoms. The summed E-state index contributed by atoms with van der Waals surface area (Å²) in [6, 6.07) is 19.0. The minimum Gasteiger partial charge on any atom is -0.372 e. The van der Waals surface area contributed by atoms with Gasteiger partial charge in [0, 0.05) is 41.6 Å². The Kier molecular flexibility index (Phi) is 19.8. The van der Waals surface area contributed by atoms with Crippen molar-refractivity contribution < 1.29 is 0 Å². The Bertz CT molecular complexity index is 2440. The number of benzene rings is 1. The van der Waals surface area contributed by atoms with E-state index < -0.39 is 0 Å². The molecule has 2 unspecified atom stereocenters. The molecule has 8 heteroatoms. The van der Waals surface area contributed by atoms with Crippen molar-refractivity contribution in [2.45, 2.75) is 196 Å². The van der Waals surface area contributed by atoms with Gasteiger partial charge in [0.05, 0.1) is 40.9 Å². The van der Waals surface area contributed by atoms with Crippen LogP contribution in [0.4, 0.5) is 5.69 Å². The molecule has 0 saturated heterocycles. The van der Waals surface area contributed by atoms with Gasteiger partial charge in [0.1, 0.15) is 17.7 Å². The third kappa shape index (κ3) is 11.7. The molecule has 1 aromatic carbocycles. The van der Waals surface area contributed by atoms with Crippen LogP contribution in [0.3, 0.4) is 0 Å². The van der Waals surface area contributed by atoms with Crippen LogP contribution in [0.25, 0.3) is 56.9 Å². The molecule has 2 atom stereocenters. The number of hydrogen-bond donors (Lipinski definition) is 0. The van der Waals surface area contributed by atoms with Crippen LogP contribution in [0.2, 0.25) is 0 Å². The molecule has 6 rings (SSSR count). The number of rotatable bonds is 30. The number of nitrogens with zero attached hydrogens (tertiary/aromatic N) is 5. The van der Waals surface area contributed by atoms with Crippen LogP contribution in [0, 0.1) is 34.5 Å². The summed E-state index contributed by atoms with van der Waals surface area (Å²) < 4.78 is 11.0. The van der Waals surface area contributed by atoms with E-state index in [2.05, 4.69) is 111 Å². The Morgan fingerprint density at radius 3 is 1.56 bits per heavy atom. The predicted octanol–water partition coefficient (Wildman–Crippen LogP) is 18.9. The standard InChI is InChI=1S/C56H79N5S3/c1-8-15-20-23-28-46(44(37-57)38-58)50-36-48-54(63-50)56-52(61(48)40-42(14-7)27-19-12-5)51-55(64-56)53-47(60(51)39-41(13-6)26-18-11-4)35-49(62-53)43-29-31-45(32-30-43)59(33-24-21-16-9-2)34-25-22-17-10-3/h29-32,35-36,41-42H,8-28,33-34,39-40H2,1-7H3. The first kappa shape index (κ1) is 49.9. The van der Waals surface area contributed by atoms with Gasteiger partial charge in [0.25, 0.3) is 0 Å². The van der Waals surface area contributed by atoms with Crippen molar-refractivity contribution in [1.29, 1.82) is 10.5 Å². The van der Waals surface area contributed by atoms with Crippen molar-refractivity contribution in [3.8, 4) is 22.6 Å². The minimum absolute atomic E-state index is 0.283. The molecule has 346 valence electrons. The average Bonchev–Trinajstić information content (AvgIpc) is 4.13. The van der Waals surface area contributed by atoms with Gasteiger partial charge in [-0.1, -0.05) is 157 Å². The second kappa shape index (κ2) is 25.4. The highest BCUT2D eigenvalue weighted by atomic mass is 32.1. The van der Waals surface area contributed by atoms with Gasteiger partial charge in [-0.05, 0) is 85.8 Å². The lowest BCUT2D eigenvalue weighted by molar-refractivity contribution is 0.398. The van der Waals surface area contributed by atoms with Crippen molar-refractivity contribution in [1.82, 2.24) is 9.13 Å². The van der Waals surface area contributed by atoms with Crippen molar-refractivity contribution in [3.05, 3.63) is 46.8 Å². The number of hydrogen-bond acceptors (Lipinski definition) is 6. The van der Waals surface area contributed by atoms with Gasteiger partial charge in [0.2, 0.25) is 0 Å². The molecular formula is C56H79N5S3. The van der Waals surface area contributed by atoms with E-state index in [1.165, 1.54) is 166 Å². The lowest BCUT2D eigenvalue weighted by Crippen LogP contribution is -2.25. The molecule has 0 saturated carbocycles. The zero-order chi connectivity index (χ0) is 45.4. The summed E-state index contributed by atoms with van der Waals surface area (Å²) in [5, 5.41) is 20.4. The maximum absolute atomic E-state index is 10.2. The van der Waals surface area contributed by atoms with Gasteiger partial charge in [-0.25, -0.2) is 0 Å². The van der Waals surface area contributed by atoms with Crippen molar-refractivity contribution in [2.24, 2.45) is 11.8 Å². The third-order valence-electron chi connectivity index (χ3n) is 14.0. The monoisotopic (exact) mass is 918 g/mol. The fraction of sp³-hybridized carbons (Fsp3) is 0.607. The third-order valence-corrected chi connectivity index (χ3v) is 17.8. The molecule has 5 aromatic heterocycles. The van der Waals surface area contributed by atoms with Crippen molar-refractivity contribution >= 4 is 86.1 Å². The molecular weight excluding hydrogens is 839 g/mol. The molecule has 0 fully saturated rings. The number of thiophene rings is 3. The van der Waals surface area contributed by atoms with Crippen LogP contribution >= 0.6 is 34.0 Å². The lowest BCUT2D eigenvalue weighted by atomic mass is 9.99. The Balaban J connectivity index is 1.50. The summed E-state index contributed by atoms with van der Waals surface area (Å²) in [5.41, 5.74) is 9.45. The molecule has 0 radical (unpaired) electrons. The summed E-state index contributed by atoms with van der Waals surface area (Å²) in [7, 11) is 0. The number of anilines is 1. The Morgan fingerprint density at radius 2 is 1.06 bits per heavy atom. The van der Waals surface area contributed by atoms with Crippen LogP contribution in [0.1, 0.15) is 188 Å². The second-order valence-electron chi connectivity index (χ2n) is 18.7. The zero-order valence-corrected chi connectivity index (χ0v) is 43.2. The Morgan fingerprint density at radius 1 is 0.562 bits per heavy atom. The van der Waals surface area contributed by atoms with Gasteiger partial charge >= 0.3 is 0 Å². The molecule has 0 aliphatic carbocycles. The van der Waals surface area contributed by atoms with Gasteiger partial charge in [-0.15, -0.1) is 34.0 Å². The summed E-state index contributed by atoms with van der Waals surface area (Å²) in [6.45, 7) is 20.6. The second-order valence-corrected chi connectivity index (χ2v) is 21.8. The first-order valence-corrected chi connectivity index (χ1v) is 28.2. The zero-order valence-electron chi connectivity index (χ0n) is 40.8. The van der Waals surface area contributed by atoms with Crippen LogP contribution in [-0.4, -0.2) is 22.2 Å². The normalized spacial score (nSPS) is 12.8. The summed E-state index contributed by atoms with van der Waals surface area (Å²) in [6.07, 6.45) is 25.4. The summed E-state index contributed by atoms with van der Waals surface area (Å²) >= 11 is 5.82. The van der Waals surface area contributed by atoms with E-state index in [0.717, 1.165) is 62.3 Å². The van der Waals surface area contributed by atoms with Crippen LogP contribution < -0.4 is 4.90 Å². The van der Waals surface area contributed by atoms with E-state index in [9.17, 15) is 10.5 Å². The van der Waals surface area contributed by atoms with Crippen LogP contribution in [-0.2, 0) is 13.1 Å². The fourth-order valence-corrected chi connectivity index (χ4v) is 13.9. The number of nitriles is 2. The van der Waals surface area contributed by atoms with Gasteiger partial charge in [-0.3, -0.25) is 0 Å². The van der Waals surface area contributed by atoms with Crippen LogP contribution in [0.15, 0.2) is 42.0 Å². The van der Waals surface area contributed by atoms with Crippen molar-refractivity contribution in [3.63, 3.8) is 0 Å². The Hall–Kier alpha value is -3.56. The SMILES string of the molecule is CCCCCCC(=C(C#N)C#N)c1cc2c(s1)c1sc3c4sc(-c5ccc(N(CCCCCC)CCCCCC)cc5)cc4n(CC(CC)CCCC)c3c1n2CC(CC)CCCC. The minimum atomic E-state index is 0.283. The van der Waals surface area contributed by atoms with Gasteiger partial charge < -0.3 is 14.0 Å². The predicted molar refractivity (Wildman–Crippen MR) is 286 cm³/mol. The summed E-state index contributed by atoms with van der Waals surface area (Å²) in [4.78, 5) is 5.12. The fourth-order valence-electron chi connectivity index (χ4n) is 9.90. The molecule has 0 spiro atoms. The molecule has 0 aliphatic heterocycles. The van der Waals surface area contributed by atoms with E-state index in [1.807, 2.05) is 34.0 Å². The summed E-state index contributed by atoms with van der Waals surface area (Å²) in [5.74, 6) is 1.21. The smallest absolute Gasteiger partial charge is 0.134 e. The number of aromatic nitrogens is 2. The first-order chi connectivity index (χ1) is 31.4. The molecule has 0 aliphatic rings. The molecule has 0 amide bonds. The van der Waals surface area contributed by atoms with E-state index in [1.54, 1.807) is 0 Å². The van der Waals surface area contributed by atoms with E-state index in [0.29, 0.717) is 11.8 Å². The maximum Gasteiger partial charge on any atom is 0.134 e. The average molecular weight is 918 g/mol. The van der Waals surface area contributed by atoms with E-state index in [-0.39, 0.29) is 5.57 Å². The van der Waals surface area contributed by atoms with Crippen molar-refractivity contribution in [2.75, 3.05) is 18.0 Å². The molecule has 6 aromatic rings. The topological polar surface area (TPSA) is 60.7 Å². The highest BCUT2D eigenvalue weighted by Gasteiger charge is 2.28. The molecule has 64 heavy (non-hydrogen) atoms. The van der Waals surface area contributed by atoms with E-state index >= 15 is 0 Å². The highest BCUT2D eigenvalue weighted by Crippen LogP contribution is 2.51. The van der Waals surface area contributed by atoms with E-state index in [4.69, 9.17) is 0 Å². The molecule has 0 N–H and O–H groups in total. The number of allylic oxidation sites excluding steroid dienone is 2. The molecule has 5 heterocycles. The maximum atomic E-state index is 10.2. The van der Waals surface area contributed by atoms with Gasteiger partial charge in [0.15, 0.2) is 0 Å². The number of fused-ring (bicyclic) bond motifs is 7. The quantitative estimate of drug-likeness (QED) is 0.0334. The molecule has 5 nitrogen and oxygen atoms in total. The number of unbranched alkanes of at least 4 members (excludes halogenated alkanes) is 11. The first-order valence-electron chi connectivity index (χ1n) is 25.8. The Labute approximate surface area is 399 Å². The van der Waals surface area contributed by atoms with Gasteiger partial charge in [-0.2, -0.15) is 10.5 Å². The van der Waals surface area contributed by atoms with Crippen LogP contribution in [0.5, 0.6) is 0 Å². The highest BCUT2D eigenvalue weighted by molar-refractivity contribution is 7.35.